The van der Waals surface area contributed by atoms with E-state index in [1.54, 1.807) is 0 Å². The number of carbonyl (C=O) groups is 1. The molecule has 3 aromatic rings. The Morgan fingerprint density at radius 1 is 1.29 bits per heavy atom. The first-order valence-corrected chi connectivity index (χ1v) is 10.6. The van der Waals surface area contributed by atoms with Crippen molar-refractivity contribution in [2.75, 3.05) is 13.1 Å². The predicted octanol–water partition coefficient (Wildman–Crippen LogP) is 4.75. The molecule has 3 heterocycles. The minimum absolute atomic E-state index is 0.129. The van der Waals surface area contributed by atoms with Crippen molar-refractivity contribution in [3.63, 3.8) is 0 Å². The van der Waals surface area contributed by atoms with Gasteiger partial charge in [-0.15, -0.1) is 0 Å². The van der Waals surface area contributed by atoms with E-state index in [1.165, 1.54) is 6.42 Å². The molecule has 1 fully saturated rings. The van der Waals surface area contributed by atoms with Gasteiger partial charge in [0.2, 0.25) is 0 Å². The lowest BCUT2D eigenvalue weighted by atomic mass is 9.96. The molecule has 0 radical (unpaired) electrons. The van der Waals surface area contributed by atoms with Crippen LogP contribution >= 0.6 is 0 Å². The van der Waals surface area contributed by atoms with Crippen LogP contribution in [0.25, 0.3) is 10.9 Å². The monoisotopic (exact) mass is 378 g/mol. The summed E-state index contributed by atoms with van der Waals surface area (Å²) in [6.07, 6.45) is 9.29. The number of unbranched alkanes of at least 4 members (excludes halogenated alkanes) is 1. The molecule has 28 heavy (non-hydrogen) atoms. The number of H-pyrrole nitrogens is 1. The molecule has 0 saturated carbocycles. The summed E-state index contributed by atoms with van der Waals surface area (Å²) >= 11 is 0. The third-order valence-electron chi connectivity index (χ3n) is 5.96. The fourth-order valence-corrected chi connectivity index (χ4v) is 4.48. The van der Waals surface area contributed by atoms with Gasteiger partial charge < -0.3 is 14.5 Å². The number of carbonyl (C=O) groups excluding carboxylic acids is 1. The Morgan fingerprint density at radius 2 is 2.14 bits per heavy atom. The Bertz CT molecular complexity index is 955. The van der Waals surface area contributed by atoms with E-state index in [4.69, 9.17) is 0 Å². The van der Waals surface area contributed by atoms with Gasteiger partial charge in [0.05, 0.1) is 0 Å². The van der Waals surface area contributed by atoms with E-state index in [0.717, 1.165) is 73.3 Å². The van der Waals surface area contributed by atoms with Crippen molar-refractivity contribution in [3.05, 3.63) is 53.7 Å². The summed E-state index contributed by atoms with van der Waals surface area (Å²) in [6.45, 7) is 6.92. The van der Waals surface area contributed by atoms with Crippen LogP contribution in [0.3, 0.4) is 0 Å². The quantitative estimate of drug-likeness (QED) is 0.673. The number of amides is 1. The molecule has 0 unspecified atom stereocenters. The number of likely N-dealkylation sites (tertiary alicyclic amines) is 1. The number of imidazole rings is 1. The second-order valence-corrected chi connectivity index (χ2v) is 7.80. The van der Waals surface area contributed by atoms with Crippen LogP contribution in [0.1, 0.15) is 67.3 Å². The van der Waals surface area contributed by atoms with Gasteiger partial charge in [0, 0.05) is 48.8 Å². The molecular formula is C23H30N4O. The largest absolute Gasteiger partial charge is 0.350 e. The van der Waals surface area contributed by atoms with E-state index in [2.05, 4.69) is 46.7 Å². The van der Waals surface area contributed by atoms with Gasteiger partial charge in [0.15, 0.2) is 0 Å². The average Bonchev–Trinajstić information content (AvgIpc) is 3.36. The number of hydrogen-bond donors (Lipinski definition) is 1. The summed E-state index contributed by atoms with van der Waals surface area (Å²) in [7, 11) is 0. The average molecular weight is 379 g/mol. The van der Waals surface area contributed by atoms with Gasteiger partial charge in [-0.25, -0.2) is 4.98 Å². The van der Waals surface area contributed by atoms with Crippen LogP contribution in [0.5, 0.6) is 0 Å². The zero-order valence-electron chi connectivity index (χ0n) is 16.9. The number of piperidine rings is 1. The molecule has 5 nitrogen and oxygen atoms in total. The van der Waals surface area contributed by atoms with Gasteiger partial charge in [-0.2, -0.15) is 0 Å². The van der Waals surface area contributed by atoms with Crippen LogP contribution in [0, 0.1) is 0 Å². The fourth-order valence-electron chi connectivity index (χ4n) is 4.48. The van der Waals surface area contributed by atoms with Gasteiger partial charge in [-0.05, 0) is 37.3 Å². The minimum atomic E-state index is 0.129. The predicted molar refractivity (Wildman–Crippen MR) is 113 cm³/mol. The maximum Gasteiger partial charge on any atom is 0.270 e. The molecule has 0 bridgehead atoms. The molecule has 1 aliphatic heterocycles. The molecule has 1 N–H and O–H groups in total. The molecule has 148 valence electrons. The molecule has 4 rings (SSSR count). The smallest absolute Gasteiger partial charge is 0.270 e. The van der Waals surface area contributed by atoms with Gasteiger partial charge in [0.1, 0.15) is 11.5 Å². The van der Waals surface area contributed by atoms with Crippen molar-refractivity contribution < 1.29 is 4.79 Å². The van der Waals surface area contributed by atoms with E-state index in [-0.39, 0.29) is 5.91 Å². The topological polar surface area (TPSA) is 53.9 Å². The van der Waals surface area contributed by atoms with Crippen molar-refractivity contribution in [3.8, 4) is 0 Å². The molecule has 1 atom stereocenters. The highest BCUT2D eigenvalue weighted by Crippen LogP contribution is 2.29. The van der Waals surface area contributed by atoms with Gasteiger partial charge in [-0.3, -0.25) is 4.79 Å². The molecule has 0 aliphatic carbocycles. The zero-order chi connectivity index (χ0) is 19.5. The van der Waals surface area contributed by atoms with Crippen LogP contribution in [-0.4, -0.2) is 38.4 Å². The third kappa shape index (κ3) is 3.46. The molecule has 1 aliphatic rings. The van der Waals surface area contributed by atoms with E-state index in [1.807, 2.05) is 23.2 Å². The lowest BCUT2D eigenvalue weighted by Crippen LogP contribution is -2.40. The van der Waals surface area contributed by atoms with Gasteiger partial charge in [0.25, 0.3) is 5.91 Å². The zero-order valence-corrected chi connectivity index (χ0v) is 16.9. The second kappa shape index (κ2) is 8.21. The number of fused-ring (bicyclic) bond motifs is 1. The van der Waals surface area contributed by atoms with Crippen molar-refractivity contribution in [2.45, 2.75) is 58.4 Å². The molecule has 2 aromatic heterocycles. The van der Waals surface area contributed by atoms with Crippen LogP contribution in [0.15, 0.2) is 36.7 Å². The maximum absolute atomic E-state index is 13.4. The number of aromatic nitrogens is 3. The van der Waals surface area contributed by atoms with Crippen LogP contribution in [0.2, 0.25) is 0 Å². The number of para-hydroxylation sites is 1. The van der Waals surface area contributed by atoms with Crippen molar-refractivity contribution in [1.29, 1.82) is 0 Å². The molecule has 1 amide bonds. The third-order valence-corrected chi connectivity index (χ3v) is 5.96. The normalized spacial score (nSPS) is 17.4. The highest BCUT2D eigenvalue weighted by Gasteiger charge is 2.29. The molecule has 5 heteroatoms. The highest BCUT2D eigenvalue weighted by atomic mass is 16.2. The van der Waals surface area contributed by atoms with Crippen molar-refractivity contribution in [1.82, 2.24) is 19.4 Å². The molecule has 1 aromatic carbocycles. The first kappa shape index (κ1) is 18.8. The summed E-state index contributed by atoms with van der Waals surface area (Å²) in [4.78, 5) is 23.4. The summed E-state index contributed by atoms with van der Waals surface area (Å²) in [5.74, 6) is 1.58. The lowest BCUT2D eigenvalue weighted by Gasteiger charge is -2.32. The van der Waals surface area contributed by atoms with Gasteiger partial charge >= 0.3 is 0 Å². The molecule has 0 spiro atoms. The lowest BCUT2D eigenvalue weighted by molar-refractivity contribution is 0.0697. The second-order valence-electron chi connectivity index (χ2n) is 7.80. The number of benzene rings is 1. The number of aryl methyl sites for hydroxylation is 2. The van der Waals surface area contributed by atoms with Gasteiger partial charge in [-0.1, -0.05) is 38.5 Å². The fraction of sp³-hybridized carbons (Fsp3) is 0.478. The van der Waals surface area contributed by atoms with Crippen LogP contribution < -0.4 is 0 Å². The summed E-state index contributed by atoms with van der Waals surface area (Å²) in [5.41, 5.74) is 2.94. The highest BCUT2D eigenvalue weighted by molar-refractivity contribution is 6.01. The first-order valence-electron chi connectivity index (χ1n) is 10.6. The Morgan fingerprint density at radius 3 is 2.96 bits per heavy atom. The number of hydrogen-bond acceptors (Lipinski definition) is 2. The van der Waals surface area contributed by atoms with E-state index in [9.17, 15) is 4.79 Å². The SMILES string of the molecule is CCCCn1ccnc1[C@@H]1CCCN(C(=O)c2[nH]c3ccccc3c2CC)C1. The molecule has 1 saturated heterocycles. The molecular weight excluding hydrogens is 348 g/mol. The van der Waals surface area contributed by atoms with Crippen molar-refractivity contribution in [2.24, 2.45) is 0 Å². The van der Waals surface area contributed by atoms with E-state index in [0.29, 0.717) is 5.92 Å². The standard InChI is InChI=1S/C23H30N4O/c1-3-5-13-26-15-12-24-22(26)17-9-8-14-27(16-17)23(28)21-18(4-2)19-10-6-7-11-20(19)25-21/h6-7,10-12,15,17,25H,3-5,8-9,13-14,16H2,1-2H3/t17-/m1/s1. The van der Waals surface area contributed by atoms with E-state index < -0.39 is 0 Å². The minimum Gasteiger partial charge on any atom is -0.350 e. The van der Waals surface area contributed by atoms with Crippen molar-refractivity contribution >= 4 is 16.8 Å². The first-order chi connectivity index (χ1) is 13.7. The Hall–Kier alpha value is -2.56. The number of nitrogens with one attached hydrogen (secondary N) is 1. The Balaban J connectivity index is 1.57. The maximum atomic E-state index is 13.4. The van der Waals surface area contributed by atoms with Crippen LogP contribution in [0.4, 0.5) is 0 Å². The summed E-state index contributed by atoms with van der Waals surface area (Å²) in [6, 6.07) is 8.20. The summed E-state index contributed by atoms with van der Waals surface area (Å²) < 4.78 is 2.28. The number of nitrogens with zero attached hydrogens (tertiary/aromatic N) is 3. The van der Waals surface area contributed by atoms with E-state index >= 15 is 0 Å². The summed E-state index contributed by atoms with van der Waals surface area (Å²) in [5, 5.41) is 1.16. The number of aromatic amines is 1. The van der Waals surface area contributed by atoms with Crippen LogP contribution in [-0.2, 0) is 13.0 Å². The Labute approximate surface area is 166 Å². The Kier molecular flexibility index (Phi) is 5.51. The number of rotatable bonds is 6.